The second-order valence-corrected chi connectivity index (χ2v) is 11.2. The van der Waals surface area contributed by atoms with Crippen LogP contribution in [0.3, 0.4) is 0 Å². The summed E-state index contributed by atoms with van der Waals surface area (Å²) in [5.74, 6) is 1.79. The number of fused-ring (bicyclic) bond motifs is 1. The fraction of sp³-hybridized carbons (Fsp3) is 0.0769. The molecule has 3 aromatic carbocycles. The van der Waals surface area contributed by atoms with E-state index < -0.39 is 8.87 Å². The molecule has 0 saturated carbocycles. The van der Waals surface area contributed by atoms with Crippen molar-refractivity contribution in [3.05, 3.63) is 84.9 Å². The molecule has 0 N–H and O–H groups in total. The number of nitrogens with zero attached hydrogens (tertiary/aromatic N) is 2. The Morgan fingerprint density at radius 2 is 1.40 bits per heavy atom. The van der Waals surface area contributed by atoms with E-state index in [9.17, 15) is 8.42 Å². The highest BCUT2D eigenvalue weighted by Gasteiger charge is 2.21. The van der Waals surface area contributed by atoms with Gasteiger partial charge in [-0.05, 0) is 66.7 Å². The highest BCUT2D eigenvalue weighted by Crippen LogP contribution is 2.35. The van der Waals surface area contributed by atoms with Crippen LogP contribution in [0.4, 0.5) is 0 Å². The van der Waals surface area contributed by atoms with Crippen LogP contribution in [0.5, 0.6) is 11.5 Å². The minimum absolute atomic E-state index is 0.0876. The number of benzene rings is 3. The lowest BCUT2D eigenvalue weighted by Gasteiger charge is -2.09. The van der Waals surface area contributed by atoms with Gasteiger partial charge in [0, 0.05) is 10.9 Å². The van der Waals surface area contributed by atoms with E-state index in [-0.39, 0.29) is 10.1 Å². The molecule has 0 unspecified atom stereocenters. The maximum Gasteiger partial charge on any atom is 0.237 e. The number of hydrogen-bond acceptors (Lipinski definition) is 8. The fourth-order valence-electron chi connectivity index (χ4n) is 3.50. The van der Waals surface area contributed by atoms with Gasteiger partial charge >= 0.3 is 0 Å². The second kappa shape index (κ2) is 9.44. The Bertz CT molecular complexity index is 1560. The van der Waals surface area contributed by atoms with E-state index in [2.05, 4.69) is 9.97 Å². The van der Waals surface area contributed by atoms with Crippen molar-refractivity contribution in [1.29, 1.82) is 0 Å². The average Bonchev–Trinajstić information content (AvgIpc) is 3.33. The van der Waals surface area contributed by atoms with Gasteiger partial charge in [0.25, 0.3) is 0 Å². The molecular formula is C26H20N2O5S2. The lowest BCUT2D eigenvalue weighted by Crippen LogP contribution is -2.00. The number of furan rings is 1. The van der Waals surface area contributed by atoms with E-state index in [0.717, 1.165) is 10.9 Å². The van der Waals surface area contributed by atoms with Gasteiger partial charge in [0.2, 0.25) is 14.0 Å². The molecule has 0 aliphatic heterocycles. The summed E-state index contributed by atoms with van der Waals surface area (Å²) in [6, 6.07) is 24.8. The molecule has 0 fully saturated rings. The third-order valence-corrected chi connectivity index (χ3v) is 8.39. The molecule has 35 heavy (non-hydrogen) atoms. The minimum atomic E-state index is -3.79. The summed E-state index contributed by atoms with van der Waals surface area (Å²) >= 11 is 0. The lowest BCUT2D eigenvalue weighted by atomic mass is 10.1. The van der Waals surface area contributed by atoms with Crippen LogP contribution in [0.2, 0.25) is 0 Å². The third-order valence-electron chi connectivity index (χ3n) is 5.30. The Balaban J connectivity index is 1.59. The van der Waals surface area contributed by atoms with Crippen molar-refractivity contribution in [3.8, 4) is 34.2 Å². The van der Waals surface area contributed by atoms with Crippen LogP contribution in [-0.4, -0.2) is 32.6 Å². The highest BCUT2D eigenvalue weighted by molar-refractivity contribution is 8.72. The minimum Gasteiger partial charge on any atom is -0.497 e. The molecule has 0 atom stereocenters. The molecule has 9 heteroatoms. The van der Waals surface area contributed by atoms with Crippen LogP contribution in [0.25, 0.3) is 33.7 Å². The van der Waals surface area contributed by atoms with Crippen LogP contribution in [-0.2, 0) is 8.87 Å². The van der Waals surface area contributed by atoms with E-state index in [1.54, 1.807) is 25.3 Å². The molecular weight excluding hydrogens is 484 g/mol. The molecule has 0 spiro atoms. The molecule has 0 saturated heterocycles. The second-order valence-electron chi connectivity index (χ2n) is 7.51. The summed E-state index contributed by atoms with van der Waals surface area (Å²) in [5.41, 5.74) is 2.54. The number of ether oxygens (including phenoxy) is 2. The molecule has 176 valence electrons. The Morgan fingerprint density at radius 1 is 0.771 bits per heavy atom. The summed E-state index contributed by atoms with van der Waals surface area (Å²) in [7, 11) is -0.0790. The smallest absolute Gasteiger partial charge is 0.237 e. The summed E-state index contributed by atoms with van der Waals surface area (Å²) < 4.78 is 42.6. The first-order chi connectivity index (χ1) is 16.9. The molecule has 7 nitrogen and oxygen atoms in total. The molecule has 0 radical (unpaired) electrons. The molecule has 0 bridgehead atoms. The zero-order chi connectivity index (χ0) is 24.4. The average molecular weight is 505 g/mol. The van der Waals surface area contributed by atoms with Crippen molar-refractivity contribution in [2.24, 2.45) is 0 Å². The van der Waals surface area contributed by atoms with Crippen LogP contribution < -0.4 is 9.47 Å². The lowest BCUT2D eigenvalue weighted by molar-refractivity contribution is 0.414. The molecule has 2 aromatic heterocycles. The number of hydrogen-bond donors (Lipinski definition) is 0. The summed E-state index contributed by atoms with van der Waals surface area (Å²) in [4.78, 5) is 9.21. The molecule has 5 rings (SSSR count). The summed E-state index contributed by atoms with van der Waals surface area (Å²) in [6.45, 7) is 0. The summed E-state index contributed by atoms with van der Waals surface area (Å²) in [5, 5.41) is 1.01. The van der Waals surface area contributed by atoms with Crippen molar-refractivity contribution in [2.45, 2.75) is 10.1 Å². The van der Waals surface area contributed by atoms with Crippen molar-refractivity contribution in [2.75, 3.05) is 14.2 Å². The van der Waals surface area contributed by atoms with Gasteiger partial charge < -0.3 is 13.9 Å². The zero-order valence-corrected chi connectivity index (χ0v) is 20.5. The Kier molecular flexibility index (Phi) is 6.19. The predicted molar refractivity (Wildman–Crippen MR) is 135 cm³/mol. The number of methoxy groups -OCH3 is 2. The van der Waals surface area contributed by atoms with Crippen molar-refractivity contribution in [3.63, 3.8) is 0 Å². The van der Waals surface area contributed by atoms with Crippen LogP contribution >= 0.6 is 10.8 Å². The molecule has 0 aliphatic rings. The van der Waals surface area contributed by atoms with Gasteiger partial charge in [-0.25, -0.2) is 18.4 Å². The van der Waals surface area contributed by atoms with Gasteiger partial charge in [0.05, 0.1) is 35.6 Å². The quantitative estimate of drug-likeness (QED) is 0.195. The first-order valence-electron chi connectivity index (χ1n) is 10.6. The van der Waals surface area contributed by atoms with E-state index in [1.165, 1.54) is 19.2 Å². The topological polar surface area (TPSA) is 91.5 Å². The predicted octanol–water partition coefficient (Wildman–Crippen LogP) is 6.06. The van der Waals surface area contributed by atoms with E-state index in [1.807, 2.05) is 54.6 Å². The van der Waals surface area contributed by atoms with Crippen molar-refractivity contribution in [1.82, 2.24) is 9.97 Å². The number of rotatable bonds is 7. The van der Waals surface area contributed by atoms with Gasteiger partial charge in [-0.3, -0.25) is 0 Å². The van der Waals surface area contributed by atoms with Gasteiger partial charge in [-0.15, -0.1) is 0 Å². The van der Waals surface area contributed by atoms with Crippen LogP contribution in [0.15, 0.2) is 99.4 Å². The Morgan fingerprint density at radius 3 is 2.06 bits per heavy atom. The standard InChI is InChI=1S/C26H20N2O5S2/c1-31-19-9-7-17(8-10-19)22-16-23(25-15-18-5-3-4-6-24(18)33-25)28-26(27-22)34-35(29,30)21-13-11-20(32-2)12-14-21/h3-16H,1-2H3. The van der Waals surface area contributed by atoms with Crippen molar-refractivity contribution < 1.29 is 22.3 Å². The zero-order valence-electron chi connectivity index (χ0n) is 18.8. The van der Waals surface area contributed by atoms with E-state index in [4.69, 9.17) is 13.9 Å². The maximum atomic E-state index is 13.1. The molecule has 0 amide bonds. The third kappa shape index (κ3) is 4.87. The van der Waals surface area contributed by atoms with Crippen LogP contribution in [0, 0.1) is 0 Å². The SMILES string of the molecule is COc1ccc(-c2cc(-c3cc4ccccc4o3)nc(SS(=O)(=O)c3ccc(OC)cc3)n2)cc1. The summed E-state index contributed by atoms with van der Waals surface area (Å²) in [6.07, 6.45) is 0. The van der Waals surface area contributed by atoms with Crippen molar-refractivity contribution >= 4 is 30.6 Å². The Labute approximate surface area is 206 Å². The molecule has 5 aromatic rings. The normalized spacial score (nSPS) is 11.5. The van der Waals surface area contributed by atoms with Crippen LogP contribution in [0.1, 0.15) is 0 Å². The maximum absolute atomic E-state index is 13.1. The van der Waals surface area contributed by atoms with Gasteiger partial charge in [-0.1, -0.05) is 18.2 Å². The van der Waals surface area contributed by atoms with Gasteiger partial charge in [-0.2, -0.15) is 0 Å². The first-order valence-corrected chi connectivity index (χ1v) is 13.4. The highest BCUT2D eigenvalue weighted by atomic mass is 33.1. The van der Waals surface area contributed by atoms with Gasteiger partial charge in [0.15, 0.2) is 5.76 Å². The van der Waals surface area contributed by atoms with E-state index >= 15 is 0 Å². The molecule has 2 heterocycles. The monoisotopic (exact) mass is 504 g/mol. The largest absolute Gasteiger partial charge is 0.497 e. The Hall–Kier alpha value is -3.82. The van der Waals surface area contributed by atoms with E-state index in [0.29, 0.717) is 45.0 Å². The molecule has 0 aliphatic carbocycles. The first kappa shape index (κ1) is 22.9. The van der Waals surface area contributed by atoms with Gasteiger partial charge in [0.1, 0.15) is 22.8 Å². The fourth-order valence-corrected chi connectivity index (χ4v) is 5.96. The number of aromatic nitrogens is 2. The number of para-hydroxylation sites is 1.